The fourth-order valence-electron chi connectivity index (χ4n) is 6.19. The second-order valence-corrected chi connectivity index (χ2v) is 11.4. The Hall–Kier alpha value is -3.69. The van der Waals surface area contributed by atoms with Gasteiger partial charge in [0.25, 0.3) is 0 Å². The predicted molar refractivity (Wildman–Crippen MR) is 158 cm³/mol. The third-order valence-electron chi connectivity index (χ3n) is 8.00. The Balaban J connectivity index is 1.50. The van der Waals surface area contributed by atoms with Gasteiger partial charge in [-0.3, -0.25) is 14.4 Å². The summed E-state index contributed by atoms with van der Waals surface area (Å²) >= 11 is 0. The number of hydrogen-bond donors (Lipinski definition) is 4. The summed E-state index contributed by atoms with van der Waals surface area (Å²) in [5.74, 6) is -0.269. The lowest BCUT2D eigenvalue weighted by atomic mass is 9.89. The molecule has 1 fully saturated rings. The van der Waals surface area contributed by atoms with Crippen LogP contribution in [0.2, 0.25) is 0 Å². The molecule has 2 atom stereocenters. The molecule has 0 saturated carbocycles. The number of nitrogens with one attached hydrogen (secondary N) is 4. The highest BCUT2D eigenvalue weighted by Crippen LogP contribution is 2.36. The Morgan fingerprint density at radius 3 is 2.60 bits per heavy atom. The standard InChI is InChI=1S/C31H40N6O3/c1-20(38)34-27-9-6-10-29-25(27)15-21(18-36(2)3)19-37(29)31(40)28(35-30(39)22-11-13-32-14-12-22)16-23-17-33-26-8-5-4-7-24(23)26/h4-10,17,21-22,28,32-33H,11-16,18-19H2,1-3H3,(H,34,38)(H,35,39)/t21?,28-/m1/s1. The first-order valence-electron chi connectivity index (χ1n) is 14.2. The van der Waals surface area contributed by atoms with Gasteiger partial charge in [-0.05, 0) is 81.7 Å². The quantitative estimate of drug-likeness (QED) is 0.349. The molecular formula is C31H40N6O3. The van der Waals surface area contributed by atoms with E-state index in [-0.39, 0.29) is 29.6 Å². The van der Waals surface area contributed by atoms with Crippen molar-refractivity contribution in [2.75, 3.05) is 50.5 Å². The first-order chi connectivity index (χ1) is 19.3. The summed E-state index contributed by atoms with van der Waals surface area (Å²) in [5.41, 5.74) is 4.49. The van der Waals surface area contributed by atoms with Gasteiger partial charge in [0.15, 0.2) is 0 Å². The first-order valence-corrected chi connectivity index (χ1v) is 14.2. The maximum atomic E-state index is 14.5. The summed E-state index contributed by atoms with van der Waals surface area (Å²) < 4.78 is 0. The van der Waals surface area contributed by atoms with Gasteiger partial charge in [0, 0.05) is 60.8 Å². The van der Waals surface area contributed by atoms with Gasteiger partial charge < -0.3 is 30.7 Å². The molecule has 0 radical (unpaired) electrons. The average molecular weight is 545 g/mol. The van der Waals surface area contributed by atoms with Gasteiger partial charge >= 0.3 is 0 Å². The lowest BCUT2D eigenvalue weighted by Gasteiger charge is -2.38. The van der Waals surface area contributed by atoms with Crippen LogP contribution < -0.4 is 20.9 Å². The lowest BCUT2D eigenvalue weighted by molar-refractivity contribution is -0.130. The number of anilines is 2. The summed E-state index contributed by atoms with van der Waals surface area (Å²) in [6.45, 7) is 4.44. The minimum Gasteiger partial charge on any atom is -0.361 e. The van der Waals surface area contributed by atoms with Crippen LogP contribution in [0.4, 0.5) is 11.4 Å². The normalized spacial score (nSPS) is 18.4. The van der Waals surface area contributed by atoms with Crippen LogP contribution in [-0.2, 0) is 27.2 Å². The monoisotopic (exact) mass is 544 g/mol. The maximum absolute atomic E-state index is 14.5. The summed E-state index contributed by atoms with van der Waals surface area (Å²) in [4.78, 5) is 47.2. The molecule has 2 aliphatic rings. The smallest absolute Gasteiger partial charge is 0.249 e. The zero-order chi connectivity index (χ0) is 28.2. The minimum absolute atomic E-state index is 0.0613. The van der Waals surface area contributed by atoms with Crippen LogP contribution in [0.1, 0.15) is 30.9 Å². The van der Waals surface area contributed by atoms with Crippen LogP contribution in [0.3, 0.4) is 0 Å². The second kappa shape index (κ2) is 12.2. The molecule has 212 valence electrons. The summed E-state index contributed by atoms with van der Waals surface area (Å²) in [7, 11) is 4.06. The summed E-state index contributed by atoms with van der Waals surface area (Å²) in [5, 5.41) is 10.5. The van der Waals surface area contributed by atoms with E-state index >= 15 is 0 Å². The van der Waals surface area contributed by atoms with Crippen molar-refractivity contribution in [2.24, 2.45) is 11.8 Å². The van der Waals surface area contributed by atoms with E-state index in [9.17, 15) is 14.4 Å². The molecule has 2 aromatic carbocycles. The molecular weight excluding hydrogens is 504 g/mol. The van der Waals surface area contributed by atoms with Gasteiger partial charge in [-0.25, -0.2) is 0 Å². The number of fused-ring (bicyclic) bond motifs is 2. The number of rotatable bonds is 8. The highest BCUT2D eigenvalue weighted by Gasteiger charge is 2.36. The fourth-order valence-corrected chi connectivity index (χ4v) is 6.19. The van der Waals surface area contributed by atoms with Crippen LogP contribution in [0.25, 0.3) is 10.9 Å². The molecule has 1 saturated heterocycles. The minimum atomic E-state index is -0.725. The van der Waals surface area contributed by atoms with Crippen LogP contribution >= 0.6 is 0 Å². The van der Waals surface area contributed by atoms with Gasteiger partial charge in [0.05, 0.1) is 0 Å². The fraction of sp³-hybridized carbons (Fsp3) is 0.452. The van der Waals surface area contributed by atoms with Gasteiger partial charge in [-0.15, -0.1) is 0 Å². The molecule has 3 heterocycles. The molecule has 1 unspecified atom stereocenters. The van der Waals surface area contributed by atoms with Gasteiger partial charge in [0.2, 0.25) is 17.7 Å². The van der Waals surface area contributed by atoms with E-state index in [1.54, 1.807) is 0 Å². The molecule has 0 bridgehead atoms. The topological polar surface area (TPSA) is 110 Å². The molecule has 9 heteroatoms. The number of piperidine rings is 1. The van der Waals surface area contributed by atoms with Gasteiger partial charge in [-0.2, -0.15) is 0 Å². The van der Waals surface area contributed by atoms with Crippen molar-refractivity contribution in [3.05, 3.63) is 59.8 Å². The van der Waals surface area contributed by atoms with Gasteiger partial charge in [0.1, 0.15) is 6.04 Å². The largest absolute Gasteiger partial charge is 0.361 e. The van der Waals surface area contributed by atoms with Crippen molar-refractivity contribution < 1.29 is 14.4 Å². The van der Waals surface area contributed by atoms with Crippen molar-refractivity contribution in [1.29, 1.82) is 0 Å². The Kier molecular flexibility index (Phi) is 8.52. The van der Waals surface area contributed by atoms with E-state index < -0.39 is 6.04 Å². The molecule has 40 heavy (non-hydrogen) atoms. The first kappa shape index (κ1) is 27.9. The van der Waals surface area contributed by atoms with E-state index in [1.807, 2.05) is 67.7 Å². The SMILES string of the molecule is CC(=O)Nc1cccc2c1CC(CN(C)C)CN2C(=O)[C@@H](Cc1c[nH]c2ccccc12)NC(=O)C1CCNCC1. The van der Waals surface area contributed by atoms with Crippen LogP contribution in [-0.4, -0.2) is 73.9 Å². The number of benzene rings is 2. The van der Waals surface area contributed by atoms with Crippen molar-refractivity contribution >= 4 is 40.0 Å². The number of hydrogen-bond acceptors (Lipinski definition) is 5. The number of carbonyl (C=O) groups excluding carboxylic acids is 3. The van der Waals surface area contributed by atoms with Crippen molar-refractivity contribution in [2.45, 2.75) is 38.6 Å². The van der Waals surface area contributed by atoms with Crippen molar-refractivity contribution in [3.8, 4) is 0 Å². The molecule has 0 aliphatic carbocycles. The molecule has 5 rings (SSSR count). The van der Waals surface area contributed by atoms with E-state index in [4.69, 9.17) is 0 Å². The van der Waals surface area contributed by atoms with Gasteiger partial charge in [-0.1, -0.05) is 24.3 Å². The number of aromatic amines is 1. The van der Waals surface area contributed by atoms with Crippen molar-refractivity contribution in [3.63, 3.8) is 0 Å². The van der Waals surface area contributed by atoms with Crippen LogP contribution in [0.15, 0.2) is 48.7 Å². The number of carbonyl (C=O) groups is 3. The second-order valence-electron chi connectivity index (χ2n) is 11.4. The molecule has 2 aliphatic heterocycles. The third-order valence-corrected chi connectivity index (χ3v) is 8.00. The molecule has 9 nitrogen and oxygen atoms in total. The maximum Gasteiger partial charge on any atom is 0.249 e. The van der Waals surface area contributed by atoms with Crippen molar-refractivity contribution in [1.82, 2.24) is 20.5 Å². The predicted octanol–water partition coefficient (Wildman–Crippen LogP) is 2.92. The highest BCUT2D eigenvalue weighted by atomic mass is 16.2. The number of H-pyrrole nitrogens is 1. The number of aromatic nitrogens is 1. The van der Waals surface area contributed by atoms with E-state index in [2.05, 4.69) is 25.8 Å². The Bertz CT molecular complexity index is 1380. The lowest BCUT2D eigenvalue weighted by Crippen LogP contribution is -2.54. The zero-order valence-corrected chi connectivity index (χ0v) is 23.6. The number of nitrogens with zero attached hydrogens (tertiary/aromatic N) is 2. The summed E-state index contributed by atoms with van der Waals surface area (Å²) in [6, 6.07) is 13.0. The Morgan fingerprint density at radius 1 is 1.07 bits per heavy atom. The third kappa shape index (κ3) is 6.21. The number of amides is 3. The zero-order valence-electron chi connectivity index (χ0n) is 23.6. The Labute approximate surface area is 235 Å². The molecule has 0 spiro atoms. The highest BCUT2D eigenvalue weighted by molar-refractivity contribution is 6.02. The molecule has 3 aromatic rings. The van der Waals surface area contributed by atoms with E-state index in [1.165, 1.54) is 6.92 Å². The average Bonchev–Trinajstić information content (AvgIpc) is 3.35. The van der Waals surface area contributed by atoms with Crippen LogP contribution in [0, 0.1) is 11.8 Å². The molecule has 4 N–H and O–H groups in total. The molecule has 1 aromatic heterocycles. The van der Waals surface area contributed by atoms with E-state index in [0.717, 1.165) is 72.3 Å². The number of para-hydroxylation sites is 1. The molecule has 3 amide bonds. The summed E-state index contributed by atoms with van der Waals surface area (Å²) in [6.07, 6.45) is 4.60. The van der Waals surface area contributed by atoms with Crippen LogP contribution in [0.5, 0.6) is 0 Å². The van der Waals surface area contributed by atoms with E-state index in [0.29, 0.717) is 13.0 Å². The Morgan fingerprint density at radius 2 is 1.85 bits per heavy atom.